The minimum atomic E-state index is -0.603. The third kappa shape index (κ3) is 4.67. The highest BCUT2D eigenvalue weighted by atomic mass is 35.5. The number of nitrogens with zero attached hydrogens (tertiary/aromatic N) is 1. The van der Waals surface area contributed by atoms with Crippen molar-refractivity contribution in [3.05, 3.63) is 59.7 Å². The first-order valence-electron chi connectivity index (χ1n) is 8.94. The molecule has 0 aliphatic carbocycles. The molecule has 3 N–H and O–H groups in total. The van der Waals surface area contributed by atoms with Crippen molar-refractivity contribution >= 4 is 24.2 Å². The second-order valence-electron chi connectivity index (χ2n) is 7.05. The molecule has 0 radical (unpaired) electrons. The fraction of sp³-hybridized carbons (Fsp3) is 0.333. The molecule has 2 aromatic carbocycles. The van der Waals surface area contributed by atoms with E-state index in [0.29, 0.717) is 13.1 Å². The summed E-state index contributed by atoms with van der Waals surface area (Å²) in [5.41, 5.74) is 10.4. The van der Waals surface area contributed by atoms with E-state index in [0.717, 1.165) is 22.3 Å². The van der Waals surface area contributed by atoms with Gasteiger partial charge in [0.25, 0.3) is 0 Å². The van der Waals surface area contributed by atoms with E-state index < -0.39 is 6.04 Å². The summed E-state index contributed by atoms with van der Waals surface area (Å²) in [5.74, 6) is -0.369. The van der Waals surface area contributed by atoms with Gasteiger partial charge in [0.2, 0.25) is 11.8 Å². The summed E-state index contributed by atoms with van der Waals surface area (Å²) in [6, 6.07) is 15.7. The highest BCUT2D eigenvalue weighted by Gasteiger charge is 2.24. The van der Waals surface area contributed by atoms with Crippen LogP contribution in [0, 0.1) is 5.92 Å². The van der Waals surface area contributed by atoms with Crippen LogP contribution in [0.5, 0.6) is 0 Å². The molecule has 5 nitrogen and oxygen atoms in total. The average Bonchev–Trinajstić information content (AvgIpc) is 2.82. The molecular weight excluding hydrogens is 362 g/mol. The van der Waals surface area contributed by atoms with Crippen molar-refractivity contribution in [2.24, 2.45) is 11.7 Å². The van der Waals surface area contributed by atoms with Gasteiger partial charge < -0.3 is 16.0 Å². The number of carbonyl (C=O) groups excluding carboxylic acids is 2. The molecule has 0 saturated heterocycles. The fourth-order valence-electron chi connectivity index (χ4n) is 3.18. The third-order valence-electron chi connectivity index (χ3n) is 4.83. The molecule has 0 spiro atoms. The molecule has 0 bridgehead atoms. The SMILES string of the molecule is CC(C)[C@H](N)C(=O)NCC(=O)N1Cc2ccccc2-c2ccccc2C1.Cl. The summed E-state index contributed by atoms with van der Waals surface area (Å²) >= 11 is 0. The van der Waals surface area contributed by atoms with Gasteiger partial charge in [0.05, 0.1) is 12.6 Å². The lowest BCUT2D eigenvalue weighted by Crippen LogP contribution is -2.47. The van der Waals surface area contributed by atoms with Gasteiger partial charge in [-0.3, -0.25) is 9.59 Å². The number of halogens is 1. The minimum absolute atomic E-state index is 0. The van der Waals surface area contributed by atoms with E-state index in [4.69, 9.17) is 5.73 Å². The predicted molar refractivity (Wildman–Crippen MR) is 109 cm³/mol. The highest BCUT2D eigenvalue weighted by Crippen LogP contribution is 2.32. The molecule has 2 amide bonds. The van der Waals surface area contributed by atoms with Gasteiger partial charge in [0, 0.05) is 13.1 Å². The number of benzene rings is 2. The smallest absolute Gasteiger partial charge is 0.242 e. The first-order valence-corrected chi connectivity index (χ1v) is 8.94. The van der Waals surface area contributed by atoms with Crippen molar-refractivity contribution in [1.82, 2.24) is 10.2 Å². The number of hydrogen-bond donors (Lipinski definition) is 2. The van der Waals surface area contributed by atoms with Crippen LogP contribution in [0.25, 0.3) is 11.1 Å². The molecule has 0 saturated carbocycles. The van der Waals surface area contributed by atoms with E-state index in [1.165, 1.54) is 0 Å². The Balaban J connectivity index is 0.00000261. The molecule has 2 aromatic rings. The number of fused-ring (bicyclic) bond motifs is 3. The van der Waals surface area contributed by atoms with Crippen molar-refractivity contribution in [2.45, 2.75) is 33.0 Å². The van der Waals surface area contributed by atoms with Crippen LogP contribution in [-0.4, -0.2) is 29.3 Å². The molecule has 3 rings (SSSR count). The van der Waals surface area contributed by atoms with Gasteiger partial charge >= 0.3 is 0 Å². The summed E-state index contributed by atoms with van der Waals surface area (Å²) in [5, 5.41) is 2.67. The fourth-order valence-corrected chi connectivity index (χ4v) is 3.18. The van der Waals surface area contributed by atoms with Gasteiger partial charge in [-0.05, 0) is 28.2 Å². The topological polar surface area (TPSA) is 75.4 Å². The van der Waals surface area contributed by atoms with E-state index >= 15 is 0 Å². The Bertz CT molecular complexity index is 775. The van der Waals surface area contributed by atoms with Crippen LogP contribution in [0.15, 0.2) is 48.5 Å². The summed E-state index contributed by atoms with van der Waals surface area (Å²) in [6.07, 6.45) is 0. The Hall–Kier alpha value is -2.37. The summed E-state index contributed by atoms with van der Waals surface area (Å²) in [4.78, 5) is 26.6. The summed E-state index contributed by atoms with van der Waals surface area (Å²) in [7, 11) is 0. The molecule has 0 aromatic heterocycles. The number of rotatable bonds is 4. The Morgan fingerprint density at radius 1 is 1.00 bits per heavy atom. The van der Waals surface area contributed by atoms with Gasteiger partial charge in [-0.1, -0.05) is 62.4 Å². The van der Waals surface area contributed by atoms with Crippen LogP contribution in [-0.2, 0) is 22.7 Å². The van der Waals surface area contributed by atoms with Crippen LogP contribution >= 0.6 is 12.4 Å². The van der Waals surface area contributed by atoms with Crippen LogP contribution in [0.2, 0.25) is 0 Å². The van der Waals surface area contributed by atoms with Gasteiger partial charge in [-0.15, -0.1) is 12.4 Å². The zero-order chi connectivity index (χ0) is 18.7. The lowest BCUT2D eigenvalue weighted by molar-refractivity contribution is -0.134. The third-order valence-corrected chi connectivity index (χ3v) is 4.83. The van der Waals surface area contributed by atoms with Crippen LogP contribution in [0.4, 0.5) is 0 Å². The standard InChI is InChI=1S/C21H25N3O2.ClH/c1-14(2)20(22)21(26)23-11-19(25)24-12-15-7-3-5-9-17(15)18-10-6-4-8-16(18)13-24;/h3-10,14,20H,11-13,22H2,1-2H3,(H,23,26);1H/t20-;/m0./s1. The molecule has 144 valence electrons. The molecule has 1 atom stereocenters. The van der Waals surface area contributed by atoms with Crippen LogP contribution in [0.3, 0.4) is 0 Å². The average molecular weight is 388 g/mol. The van der Waals surface area contributed by atoms with Crippen molar-refractivity contribution in [3.8, 4) is 11.1 Å². The Morgan fingerprint density at radius 3 is 1.96 bits per heavy atom. The van der Waals surface area contributed by atoms with E-state index in [1.807, 2.05) is 50.2 Å². The number of nitrogens with one attached hydrogen (secondary N) is 1. The number of amides is 2. The summed E-state index contributed by atoms with van der Waals surface area (Å²) in [6.45, 7) is 4.78. The first-order chi connectivity index (χ1) is 12.5. The molecule has 1 aliphatic heterocycles. The number of carbonyl (C=O) groups is 2. The molecule has 6 heteroatoms. The van der Waals surface area contributed by atoms with Gasteiger partial charge in [0.1, 0.15) is 0 Å². The largest absolute Gasteiger partial charge is 0.346 e. The maximum absolute atomic E-state index is 12.7. The van der Waals surface area contributed by atoms with Crippen molar-refractivity contribution in [2.75, 3.05) is 6.54 Å². The lowest BCUT2D eigenvalue weighted by Gasteiger charge is -2.22. The maximum atomic E-state index is 12.7. The van der Waals surface area contributed by atoms with Gasteiger partial charge in [0.15, 0.2) is 0 Å². The van der Waals surface area contributed by atoms with Crippen molar-refractivity contribution < 1.29 is 9.59 Å². The second-order valence-corrected chi connectivity index (χ2v) is 7.05. The molecule has 27 heavy (non-hydrogen) atoms. The zero-order valence-corrected chi connectivity index (χ0v) is 16.5. The van der Waals surface area contributed by atoms with Crippen molar-refractivity contribution in [3.63, 3.8) is 0 Å². The Labute approximate surface area is 166 Å². The monoisotopic (exact) mass is 387 g/mol. The lowest BCUT2D eigenvalue weighted by atomic mass is 9.97. The molecule has 1 aliphatic rings. The van der Waals surface area contributed by atoms with Crippen LogP contribution in [0.1, 0.15) is 25.0 Å². The zero-order valence-electron chi connectivity index (χ0n) is 15.6. The normalized spacial score (nSPS) is 13.7. The molecule has 0 fully saturated rings. The van der Waals surface area contributed by atoms with E-state index in [2.05, 4.69) is 17.4 Å². The van der Waals surface area contributed by atoms with Crippen LogP contribution < -0.4 is 11.1 Å². The Morgan fingerprint density at radius 2 is 1.48 bits per heavy atom. The maximum Gasteiger partial charge on any atom is 0.242 e. The Kier molecular flexibility index (Phi) is 6.99. The highest BCUT2D eigenvalue weighted by molar-refractivity contribution is 5.88. The summed E-state index contributed by atoms with van der Waals surface area (Å²) < 4.78 is 0. The second kappa shape index (κ2) is 9.02. The van der Waals surface area contributed by atoms with Gasteiger partial charge in [-0.2, -0.15) is 0 Å². The molecule has 1 heterocycles. The van der Waals surface area contributed by atoms with Crippen molar-refractivity contribution in [1.29, 1.82) is 0 Å². The predicted octanol–water partition coefficient (Wildman–Crippen LogP) is 2.72. The minimum Gasteiger partial charge on any atom is -0.346 e. The number of hydrogen-bond acceptors (Lipinski definition) is 3. The van der Waals surface area contributed by atoms with Gasteiger partial charge in [-0.25, -0.2) is 0 Å². The molecular formula is C21H26ClN3O2. The quantitative estimate of drug-likeness (QED) is 0.846. The van der Waals surface area contributed by atoms with E-state index in [-0.39, 0.29) is 36.7 Å². The van der Waals surface area contributed by atoms with E-state index in [9.17, 15) is 9.59 Å². The molecule has 0 unspecified atom stereocenters. The first kappa shape index (κ1) is 20.9. The number of nitrogens with two attached hydrogens (primary N) is 1. The van der Waals surface area contributed by atoms with E-state index in [1.54, 1.807) is 4.90 Å².